The Kier molecular flexibility index (Phi) is 4.33. The Hall–Kier alpha value is -1.39. The van der Waals surface area contributed by atoms with Gasteiger partial charge in [0.15, 0.2) is 0 Å². The van der Waals surface area contributed by atoms with Crippen LogP contribution in [0.25, 0.3) is 0 Å². The number of esters is 1. The van der Waals surface area contributed by atoms with Gasteiger partial charge < -0.3 is 9.47 Å². The highest BCUT2D eigenvalue weighted by molar-refractivity contribution is 5.90. The Morgan fingerprint density at radius 3 is 3.00 bits per heavy atom. The number of ether oxygens (including phenoxy) is 2. The van der Waals surface area contributed by atoms with E-state index in [1.54, 1.807) is 0 Å². The normalized spacial score (nSPS) is 20.7. The van der Waals surface area contributed by atoms with Crippen molar-refractivity contribution in [2.24, 2.45) is 0 Å². The quantitative estimate of drug-likeness (QED) is 0.764. The van der Waals surface area contributed by atoms with Gasteiger partial charge in [-0.3, -0.25) is 4.90 Å². The van der Waals surface area contributed by atoms with Crippen LogP contribution in [-0.4, -0.2) is 43.8 Å². The molecule has 0 aromatic heterocycles. The molecule has 0 bridgehead atoms. The van der Waals surface area contributed by atoms with Crippen molar-refractivity contribution >= 4 is 5.97 Å². The van der Waals surface area contributed by atoms with Gasteiger partial charge in [0.25, 0.3) is 0 Å². The fraction of sp³-hybridized carbons (Fsp3) is 0.500. The SMILES string of the molecule is COC(=O)c1ccccc1CN1CCOCC1C. The number of hydrogen-bond acceptors (Lipinski definition) is 4. The van der Waals surface area contributed by atoms with Crippen molar-refractivity contribution in [2.75, 3.05) is 26.9 Å². The smallest absolute Gasteiger partial charge is 0.338 e. The minimum absolute atomic E-state index is 0.272. The number of rotatable bonds is 3. The minimum Gasteiger partial charge on any atom is -0.465 e. The lowest BCUT2D eigenvalue weighted by atomic mass is 10.1. The molecule has 98 valence electrons. The van der Waals surface area contributed by atoms with Crippen LogP contribution in [-0.2, 0) is 16.0 Å². The first-order valence-corrected chi connectivity index (χ1v) is 6.20. The van der Waals surface area contributed by atoms with Crippen LogP contribution >= 0.6 is 0 Å². The van der Waals surface area contributed by atoms with Crippen molar-refractivity contribution in [3.8, 4) is 0 Å². The lowest BCUT2D eigenvalue weighted by Gasteiger charge is -2.33. The first-order chi connectivity index (χ1) is 8.72. The Bertz CT molecular complexity index is 419. The van der Waals surface area contributed by atoms with Crippen LogP contribution in [0.2, 0.25) is 0 Å². The number of morpholine rings is 1. The van der Waals surface area contributed by atoms with Crippen molar-refractivity contribution in [1.29, 1.82) is 0 Å². The van der Waals surface area contributed by atoms with Gasteiger partial charge in [0.05, 0.1) is 25.9 Å². The van der Waals surface area contributed by atoms with E-state index in [4.69, 9.17) is 9.47 Å². The van der Waals surface area contributed by atoms with Crippen molar-refractivity contribution < 1.29 is 14.3 Å². The second kappa shape index (κ2) is 5.98. The Morgan fingerprint density at radius 2 is 2.28 bits per heavy atom. The van der Waals surface area contributed by atoms with Gasteiger partial charge in [-0.2, -0.15) is 0 Å². The summed E-state index contributed by atoms with van der Waals surface area (Å²) in [5, 5.41) is 0. The summed E-state index contributed by atoms with van der Waals surface area (Å²) in [6.07, 6.45) is 0. The molecule has 1 aliphatic heterocycles. The second-order valence-electron chi connectivity index (χ2n) is 4.54. The van der Waals surface area contributed by atoms with E-state index >= 15 is 0 Å². The molecule has 18 heavy (non-hydrogen) atoms. The number of carbonyl (C=O) groups excluding carboxylic acids is 1. The maximum atomic E-state index is 11.7. The van der Waals surface area contributed by atoms with Gasteiger partial charge in [-0.25, -0.2) is 4.79 Å². The van der Waals surface area contributed by atoms with Crippen LogP contribution in [0.4, 0.5) is 0 Å². The molecule has 1 fully saturated rings. The summed E-state index contributed by atoms with van der Waals surface area (Å²) in [6.45, 7) is 5.30. The van der Waals surface area contributed by atoms with E-state index in [1.165, 1.54) is 7.11 Å². The van der Waals surface area contributed by atoms with E-state index in [-0.39, 0.29) is 5.97 Å². The summed E-state index contributed by atoms with van der Waals surface area (Å²) >= 11 is 0. The molecule has 1 heterocycles. The van der Waals surface area contributed by atoms with Crippen LogP contribution in [0.3, 0.4) is 0 Å². The van der Waals surface area contributed by atoms with Gasteiger partial charge in [0.1, 0.15) is 0 Å². The van der Waals surface area contributed by atoms with Gasteiger partial charge in [-0.05, 0) is 18.6 Å². The fourth-order valence-corrected chi connectivity index (χ4v) is 2.18. The molecule has 1 aromatic rings. The maximum absolute atomic E-state index is 11.7. The topological polar surface area (TPSA) is 38.8 Å². The fourth-order valence-electron chi connectivity index (χ4n) is 2.18. The molecule has 0 amide bonds. The highest BCUT2D eigenvalue weighted by Crippen LogP contribution is 2.16. The third-order valence-corrected chi connectivity index (χ3v) is 3.30. The predicted octanol–water partition coefficient (Wildman–Crippen LogP) is 1.69. The molecule has 4 nitrogen and oxygen atoms in total. The number of nitrogens with zero attached hydrogens (tertiary/aromatic N) is 1. The van der Waals surface area contributed by atoms with Crippen molar-refractivity contribution in [3.05, 3.63) is 35.4 Å². The number of methoxy groups -OCH3 is 1. The monoisotopic (exact) mass is 249 g/mol. The second-order valence-corrected chi connectivity index (χ2v) is 4.54. The van der Waals surface area contributed by atoms with E-state index in [0.29, 0.717) is 11.6 Å². The van der Waals surface area contributed by atoms with Crippen LogP contribution in [0.15, 0.2) is 24.3 Å². The van der Waals surface area contributed by atoms with Gasteiger partial charge >= 0.3 is 5.97 Å². The van der Waals surface area contributed by atoms with Gasteiger partial charge in [0, 0.05) is 19.1 Å². The van der Waals surface area contributed by atoms with Crippen molar-refractivity contribution in [3.63, 3.8) is 0 Å². The lowest BCUT2D eigenvalue weighted by Crippen LogP contribution is -2.43. The van der Waals surface area contributed by atoms with E-state index in [1.807, 2.05) is 24.3 Å². The molecule has 0 aliphatic carbocycles. The van der Waals surface area contributed by atoms with Gasteiger partial charge in [0.2, 0.25) is 0 Å². The molecule has 0 spiro atoms. The lowest BCUT2D eigenvalue weighted by molar-refractivity contribution is -0.00454. The zero-order valence-electron chi connectivity index (χ0n) is 10.9. The molecule has 1 saturated heterocycles. The van der Waals surface area contributed by atoms with Gasteiger partial charge in [-0.1, -0.05) is 18.2 Å². The predicted molar refractivity (Wildman–Crippen MR) is 68.5 cm³/mol. The standard InChI is InChI=1S/C14H19NO3/c1-11-10-18-8-7-15(11)9-12-5-3-4-6-13(12)14(16)17-2/h3-6,11H,7-10H2,1-2H3. The maximum Gasteiger partial charge on any atom is 0.338 e. The molecule has 1 atom stereocenters. The minimum atomic E-state index is -0.272. The molecule has 0 saturated carbocycles. The van der Waals surface area contributed by atoms with E-state index in [2.05, 4.69) is 11.8 Å². The largest absolute Gasteiger partial charge is 0.465 e. The van der Waals surface area contributed by atoms with Crippen molar-refractivity contribution in [2.45, 2.75) is 19.5 Å². The van der Waals surface area contributed by atoms with Crippen LogP contribution < -0.4 is 0 Å². The van der Waals surface area contributed by atoms with E-state index in [9.17, 15) is 4.79 Å². The number of carbonyl (C=O) groups is 1. The zero-order chi connectivity index (χ0) is 13.0. The average Bonchev–Trinajstić information content (AvgIpc) is 2.41. The summed E-state index contributed by atoms with van der Waals surface area (Å²) < 4.78 is 10.2. The van der Waals surface area contributed by atoms with Crippen LogP contribution in [0, 0.1) is 0 Å². The summed E-state index contributed by atoms with van der Waals surface area (Å²) in [4.78, 5) is 14.0. The van der Waals surface area contributed by atoms with E-state index < -0.39 is 0 Å². The van der Waals surface area contributed by atoms with E-state index in [0.717, 1.165) is 31.9 Å². The molecule has 0 radical (unpaired) electrons. The molecule has 1 aliphatic rings. The molecule has 0 N–H and O–H groups in total. The summed E-state index contributed by atoms with van der Waals surface area (Å²) in [5.41, 5.74) is 1.66. The molecular formula is C14H19NO3. The Labute approximate surface area is 107 Å². The van der Waals surface area contributed by atoms with Crippen LogP contribution in [0.5, 0.6) is 0 Å². The molecule has 2 rings (SSSR count). The summed E-state index contributed by atoms with van der Waals surface area (Å²) in [6, 6.07) is 7.98. The Morgan fingerprint density at radius 1 is 1.50 bits per heavy atom. The average molecular weight is 249 g/mol. The third kappa shape index (κ3) is 2.89. The molecule has 4 heteroatoms. The van der Waals surface area contributed by atoms with Crippen molar-refractivity contribution in [1.82, 2.24) is 4.90 Å². The van der Waals surface area contributed by atoms with Crippen LogP contribution in [0.1, 0.15) is 22.8 Å². The highest BCUT2D eigenvalue weighted by Gasteiger charge is 2.21. The molecule has 1 aromatic carbocycles. The first kappa shape index (κ1) is 13.1. The van der Waals surface area contributed by atoms with Gasteiger partial charge in [-0.15, -0.1) is 0 Å². The summed E-state index contributed by atoms with van der Waals surface area (Å²) in [5.74, 6) is -0.272. The molecule has 1 unspecified atom stereocenters. The Balaban J connectivity index is 2.15. The third-order valence-electron chi connectivity index (χ3n) is 3.30. The molecular weight excluding hydrogens is 230 g/mol. The zero-order valence-corrected chi connectivity index (χ0v) is 10.9. The first-order valence-electron chi connectivity index (χ1n) is 6.20. The summed E-state index contributed by atoms with van der Waals surface area (Å²) in [7, 11) is 1.41. The highest BCUT2D eigenvalue weighted by atomic mass is 16.5. The number of benzene rings is 1. The number of hydrogen-bond donors (Lipinski definition) is 0.